The van der Waals surface area contributed by atoms with Gasteiger partial charge in [-0.05, 0) is 44.0 Å². The van der Waals surface area contributed by atoms with Gasteiger partial charge in [0.05, 0.1) is 0 Å². The summed E-state index contributed by atoms with van der Waals surface area (Å²) in [6.07, 6.45) is 1.28. The van der Waals surface area contributed by atoms with Crippen LogP contribution in [0.3, 0.4) is 0 Å². The minimum Gasteiger partial charge on any atom is -0.368 e. The van der Waals surface area contributed by atoms with Crippen molar-refractivity contribution in [1.82, 2.24) is 5.16 Å². The van der Waals surface area contributed by atoms with E-state index in [1.54, 1.807) is 37.3 Å². The second kappa shape index (κ2) is 6.62. The van der Waals surface area contributed by atoms with Crippen molar-refractivity contribution in [2.24, 2.45) is 0 Å². The van der Waals surface area contributed by atoms with Gasteiger partial charge in [-0.3, -0.25) is 9.59 Å². The number of hydrogen-bond acceptors (Lipinski definition) is 5. The third-order valence-electron chi connectivity index (χ3n) is 3.49. The highest BCUT2D eigenvalue weighted by Crippen LogP contribution is 2.18. The van der Waals surface area contributed by atoms with Crippen LogP contribution in [0.15, 0.2) is 34.9 Å². The van der Waals surface area contributed by atoms with Gasteiger partial charge in [0.25, 0.3) is 11.8 Å². The van der Waals surface area contributed by atoms with Crippen LogP contribution in [0.2, 0.25) is 0 Å². The number of rotatable bonds is 4. The largest absolute Gasteiger partial charge is 0.368 e. The van der Waals surface area contributed by atoms with Gasteiger partial charge in [-0.25, -0.2) is 0 Å². The Balaban J connectivity index is 1.58. The van der Waals surface area contributed by atoms with Crippen molar-refractivity contribution in [1.29, 1.82) is 0 Å². The summed E-state index contributed by atoms with van der Waals surface area (Å²) >= 11 is 0. The molecule has 7 heteroatoms. The molecule has 1 aliphatic rings. The van der Waals surface area contributed by atoms with E-state index in [2.05, 4.69) is 15.8 Å². The van der Waals surface area contributed by atoms with Crippen LogP contribution in [0.5, 0.6) is 0 Å². The molecule has 120 valence electrons. The van der Waals surface area contributed by atoms with E-state index in [1.165, 1.54) is 0 Å². The lowest BCUT2D eigenvalue weighted by molar-refractivity contribution is -0.124. The molecule has 2 amide bonds. The minimum atomic E-state index is -0.371. The summed E-state index contributed by atoms with van der Waals surface area (Å²) in [5.74, 6) is 0.0812. The van der Waals surface area contributed by atoms with Gasteiger partial charge in [0.15, 0.2) is 5.69 Å². The molecule has 0 unspecified atom stereocenters. The van der Waals surface area contributed by atoms with E-state index in [-0.39, 0.29) is 23.6 Å². The van der Waals surface area contributed by atoms with Gasteiger partial charge >= 0.3 is 0 Å². The molecule has 1 atom stereocenters. The number of aryl methyl sites for hydroxylation is 1. The first-order valence-corrected chi connectivity index (χ1v) is 7.39. The topological polar surface area (TPSA) is 93.5 Å². The van der Waals surface area contributed by atoms with Crippen LogP contribution in [-0.2, 0) is 9.53 Å². The molecule has 2 aromatic rings. The summed E-state index contributed by atoms with van der Waals surface area (Å²) in [7, 11) is 0. The highest BCUT2D eigenvalue weighted by atomic mass is 16.5. The van der Waals surface area contributed by atoms with Crippen LogP contribution in [0, 0.1) is 6.92 Å². The lowest BCUT2D eigenvalue weighted by Gasteiger charge is -2.11. The maximum atomic E-state index is 11.9. The molecule has 0 spiro atoms. The lowest BCUT2D eigenvalue weighted by atomic mass is 10.2. The van der Waals surface area contributed by atoms with Crippen molar-refractivity contribution in [3.63, 3.8) is 0 Å². The zero-order chi connectivity index (χ0) is 16.2. The van der Waals surface area contributed by atoms with Crippen LogP contribution >= 0.6 is 0 Å². The summed E-state index contributed by atoms with van der Waals surface area (Å²) in [6.45, 7) is 2.35. The van der Waals surface area contributed by atoms with Gasteiger partial charge in [-0.2, -0.15) is 0 Å². The number of benzene rings is 1. The quantitative estimate of drug-likeness (QED) is 0.903. The van der Waals surface area contributed by atoms with Gasteiger partial charge in [0, 0.05) is 24.0 Å². The molecule has 0 bridgehead atoms. The molecule has 1 fully saturated rings. The van der Waals surface area contributed by atoms with Gasteiger partial charge in [0.2, 0.25) is 0 Å². The third-order valence-corrected chi connectivity index (χ3v) is 3.49. The van der Waals surface area contributed by atoms with Crippen molar-refractivity contribution in [2.45, 2.75) is 25.9 Å². The van der Waals surface area contributed by atoms with Crippen molar-refractivity contribution >= 4 is 23.2 Å². The summed E-state index contributed by atoms with van der Waals surface area (Å²) in [5.41, 5.74) is 1.48. The molecule has 23 heavy (non-hydrogen) atoms. The molecular weight excluding hydrogens is 298 g/mol. The first kappa shape index (κ1) is 15.2. The van der Waals surface area contributed by atoms with Crippen LogP contribution in [-0.4, -0.2) is 29.7 Å². The van der Waals surface area contributed by atoms with Gasteiger partial charge in [0.1, 0.15) is 11.9 Å². The fourth-order valence-electron chi connectivity index (χ4n) is 2.31. The van der Waals surface area contributed by atoms with Crippen LogP contribution in [0.4, 0.5) is 11.4 Å². The first-order chi connectivity index (χ1) is 11.1. The summed E-state index contributed by atoms with van der Waals surface area (Å²) < 4.78 is 10.2. The number of ether oxygens (including phenoxy) is 1. The molecule has 0 radical (unpaired) electrons. The fraction of sp³-hybridized carbons (Fsp3) is 0.312. The number of amides is 2. The Morgan fingerprint density at radius 2 is 1.87 bits per heavy atom. The second-order valence-corrected chi connectivity index (χ2v) is 5.35. The molecule has 1 aromatic heterocycles. The average Bonchev–Trinajstić information content (AvgIpc) is 3.20. The molecule has 1 aromatic carbocycles. The van der Waals surface area contributed by atoms with Gasteiger partial charge in [-0.15, -0.1) is 0 Å². The molecule has 2 N–H and O–H groups in total. The standard InChI is InChI=1S/C16H17N3O4/c1-10-9-13(19-23-10)15(20)17-11-4-6-12(7-5-11)18-16(21)14-3-2-8-22-14/h4-7,9,14H,2-3,8H2,1H3,(H,17,20)(H,18,21)/t14-/m1/s1. The third kappa shape index (κ3) is 3.75. The zero-order valence-electron chi connectivity index (χ0n) is 12.7. The van der Waals surface area contributed by atoms with Crippen LogP contribution < -0.4 is 10.6 Å². The Morgan fingerprint density at radius 1 is 1.17 bits per heavy atom. The minimum absolute atomic E-state index is 0.141. The maximum Gasteiger partial charge on any atom is 0.277 e. The molecule has 7 nitrogen and oxygen atoms in total. The number of carbonyl (C=O) groups excluding carboxylic acids is 2. The van der Waals surface area contributed by atoms with Crippen molar-refractivity contribution in [2.75, 3.05) is 17.2 Å². The first-order valence-electron chi connectivity index (χ1n) is 7.39. The number of nitrogens with zero attached hydrogens (tertiary/aromatic N) is 1. The van der Waals surface area contributed by atoms with E-state index in [4.69, 9.17) is 9.26 Å². The Morgan fingerprint density at radius 3 is 2.43 bits per heavy atom. The summed E-state index contributed by atoms with van der Waals surface area (Å²) in [6, 6.07) is 8.41. The maximum absolute atomic E-state index is 11.9. The number of carbonyl (C=O) groups is 2. The number of anilines is 2. The lowest BCUT2D eigenvalue weighted by Crippen LogP contribution is -2.26. The predicted octanol–water partition coefficient (Wildman–Crippen LogP) is 2.35. The van der Waals surface area contributed by atoms with Crippen molar-refractivity contribution in [3.8, 4) is 0 Å². The van der Waals surface area contributed by atoms with Crippen LogP contribution in [0.25, 0.3) is 0 Å². The molecular formula is C16H17N3O4. The highest BCUT2D eigenvalue weighted by Gasteiger charge is 2.23. The Kier molecular flexibility index (Phi) is 4.38. The normalized spacial score (nSPS) is 17.0. The van der Waals surface area contributed by atoms with E-state index in [0.717, 1.165) is 12.8 Å². The van der Waals surface area contributed by atoms with E-state index in [0.29, 0.717) is 23.7 Å². The van der Waals surface area contributed by atoms with Crippen LogP contribution in [0.1, 0.15) is 29.1 Å². The molecule has 2 heterocycles. The monoisotopic (exact) mass is 315 g/mol. The Labute approximate surface area is 133 Å². The highest BCUT2D eigenvalue weighted by molar-refractivity contribution is 6.03. The van der Waals surface area contributed by atoms with Crippen molar-refractivity contribution in [3.05, 3.63) is 41.8 Å². The number of nitrogens with one attached hydrogen (secondary N) is 2. The van der Waals surface area contributed by atoms with Crippen molar-refractivity contribution < 1.29 is 18.8 Å². The molecule has 0 aliphatic carbocycles. The summed E-state index contributed by atoms with van der Waals surface area (Å²) in [4.78, 5) is 23.9. The van der Waals surface area contributed by atoms with E-state index in [9.17, 15) is 9.59 Å². The Hall–Kier alpha value is -2.67. The van der Waals surface area contributed by atoms with E-state index in [1.807, 2.05) is 0 Å². The van der Waals surface area contributed by atoms with E-state index < -0.39 is 0 Å². The smallest absolute Gasteiger partial charge is 0.277 e. The molecule has 3 rings (SSSR count). The van der Waals surface area contributed by atoms with Gasteiger partial charge < -0.3 is 19.9 Å². The number of hydrogen-bond donors (Lipinski definition) is 2. The average molecular weight is 315 g/mol. The SMILES string of the molecule is Cc1cc(C(=O)Nc2ccc(NC(=O)[C@H]3CCCO3)cc2)no1. The second-order valence-electron chi connectivity index (χ2n) is 5.35. The number of aromatic nitrogens is 1. The molecule has 1 aliphatic heterocycles. The molecule has 1 saturated heterocycles. The molecule has 0 saturated carbocycles. The van der Waals surface area contributed by atoms with E-state index >= 15 is 0 Å². The zero-order valence-corrected chi connectivity index (χ0v) is 12.7. The Bertz CT molecular complexity index is 702. The summed E-state index contributed by atoms with van der Waals surface area (Å²) in [5, 5.41) is 9.16. The fourth-order valence-corrected chi connectivity index (χ4v) is 2.31. The predicted molar refractivity (Wildman–Crippen MR) is 83.2 cm³/mol. The van der Waals surface area contributed by atoms with Gasteiger partial charge in [-0.1, -0.05) is 5.16 Å².